The molecule has 0 fully saturated rings. The molecule has 1 N–H and O–H groups in total. The molecular formula is C15H18N2O3. The van der Waals surface area contributed by atoms with Crippen LogP contribution in [0.5, 0.6) is 0 Å². The highest BCUT2D eigenvalue weighted by atomic mass is 16.4. The Hall–Kier alpha value is -2.14. The van der Waals surface area contributed by atoms with Crippen LogP contribution in [0, 0.1) is 6.92 Å². The van der Waals surface area contributed by atoms with E-state index in [0.717, 1.165) is 12.2 Å². The number of carboxylic acids is 1. The molecule has 0 aliphatic rings. The number of aromatic nitrogens is 1. The molecule has 0 bridgehead atoms. The van der Waals surface area contributed by atoms with E-state index in [0.29, 0.717) is 24.4 Å². The molecule has 0 aromatic carbocycles. The first kappa shape index (κ1) is 14.3. The monoisotopic (exact) mass is 274 g/mol. The minimum Gasteiger partial charge on any atom is -0.475 e. The molecule has 0 atom stereocenters. The standard InChI is InChI=1S/C15H18N2O3/c1-3-17(9-12-6-4-5-7-16-12)10-13-8-11(2)14(20-13)15(18)19/h4-8H,3,9-10H2,1-2H3,(H,18,19). The minimum atomic E-state index is -1.03. The molecule has 0 amide bonds. The highest BCUT2D eigenvalue weighted by molar-refractivity contribution is 5.86. The number of hydrogen-bond donors (Lipinski definition) is 1. The van der Waals surface area contributed by atoms with Gasteiger partial charge in [0.15, 0.2) is 0 Å². The number of hydrogen-bond acceptors (Lipinski definition) is 4. The van der Waals surface area contributed by atoms with Crippen molar-refractivity contribution in [3.8, 4) is 0 Å². The van der Waals surface area contributed by atoms with Gasteiger partial charge in [0.05, 0.1) is 12.2 Å². The van der Waals surface area contributed by atoms with Crippen LogP contribution in [-0.4, -0.2) is 27.5 Å². The molecule has 0 saturated carbocycles. The SMILES string of the molecule is CCN(Cc1ccccn1)Cc1cc(C)c(C(=O)O)o1. The second kappa shape index (κ2) is 6.34. The van der Waals surface area contributed by atoms with E-state index in [1.54, 1.807) is 19.2 Å². The number of aryl methyl sites for hydroxylation is 1. The first-order valence-corrected chi connectivity index (χ1v) is 6.55. The van der Waals surface area contributed by atoms with Crippen molar-refractivity contribution < 1.29 is 14.3 Å². The van der Waals surface area contributed by atoms with E-state index in [9.17, 15) is 4.79 Å². The van der Waals surface area contributed by atoms with E-state index in [1.807, 2.05) is 18.2 Å². The smallest absolute Gasteiger partial charge is 0.372 e. The van der Waals surface area contributed by atoms with E-state index in [4.69, 9.17) is 9.52 Å². The van der Waals surface area contributed by atoms with Gasteiger partial charge in [-0.25, -0.2) is 4.79 Å². The maximum atomic E-state index is 11.0. The molecule has 0 saturated heterocycles. The zero-order valence-electron chi connectivity index (χ0n) is 11.7. The normalized spacial score (nSPS) is 10.9. The van der Waals surface area contributed by atoms with Crippen LogP contribution in [-0.2, 0) is 13.1 Å². The van der Waals surface area contributed by atoms with E-state index < -0.39 is 5.97 Å². The maximum absolute atomic E-state index is 11.0. The van der Waals surface area contributed by atoms with Crippen LogP contribution in [0.2, 0.25) is 0 Å². The van der Waals surface area contributed by atoms with Crippen molar-refractivity contribution in [1.29, 1.82) is 0 Å². The fraction of sp³-hybridized carbons (Fsp3) is 0.333. The summed E-state index contributed by atoms with van der Waals surface area (Å²) in [6, 6.07) is 7.59. The molecule has 0 radical (unpaired) electrons. The number of nitrogens with zero attached hydrogens (tertiary/aromatic N) is 2. The molecule has 0 spiro atoms. The second-order valence-electron chi connectivity index (χ2n) is 4.65. The van der Waals surface area contributed by atoms with Gasteiger partial charge in [0.25, 0.3) is 0 Å². The van der Waals surface area contributed by atoms with Crippen molar-refractivity contribution in [2.45, 2.75) is 26.9 Å². The average Bonchev–Trinajstić information content (AvgIpc) is 2.80. The number of carbonyl (C=O) groups is 1. The van der Waals surface area contributed by atoms with Crippen molar-refractivity contribution in [3.05, 3.63) is 53.2 Å². The average molecular weight is 274 g/mol. The van der Waals surface area contributed by atoms with Gasteiger partial charge in [0.2, 0.25) is 5.76 Å². The Morgan fingerprint density at radius 1 is 1.40 bits per heavy atom. The highest BCUT2D eigenvalue weighted by Crippen LogP contribution is 2.17. The fourth-order valence-corrected chi connectivity index (χ4v) is 2.06. The lowest BCUT2D eigenvalue weighted by Gasteiger charge is -2.18. The van der Waals surface area contributed by atoms with Gasteiger partial charge < -0.3 is 9.52 Å². The Morgan fingerprint density at radius 2 is 2.20 bits per heavy atom. The largest absolute Gasteiger partial charge is 0.475 e. The quantitative estimate of drug-likeness (QED) is 0.877. The van der Waals surface area contributed by atoms with Crippen LogP contribution in [0.4, 0.5) is 0 Å². The number of pyridine rings is 1. The first-order valence-electron chi connectivity index (χ1n) is 6.55. The van der Waals surface area contributed by atoms with Crippen LogP contribution >= 0.6 is 0 Å². The predicted molar refractivity (Wildman–Crippen MR) is 74.4 cm³/mol. The molecule has 0 aliphatic carbocycles. The van der Waals surface area contributed by atoms with Crippen LogP contribution < -0.4 is 0 Å². The van der Waals surface area contributed by atoms with Crippen molar-refractivity contribution in [3.63, 3.8) is 0 Å². The third kappa shape index (κ3) is 3.45. The van der Waals surface area contributed by atoms with Crippen molar-refractivity contribution in [2.24, 2.45) is 0 Å². The van der Waals surface area contributed by atoms with Crippen LogP contribution in [0.25, 0.3) is 0 Å². The molecule has 5 nitrogen and oxygen atoms in total. The van der Waals surface area contributed by atoms with Crippen molar-refractivity contribution in [2.75, 3.05) is 6.54 Å². The summed E-state index contributed by atoms with van der Waals surface area (Å²) in [5, 5.41) is 8.99. The summed E-state index contributed by atoms with van der Waals surface area (Å²) in [5.41, 5.74) is 1.64. The summed E-state index contributed by atoms with van der Waals surface area (Å²) in [5.74, 6) is -0.340. The molecule has 2 aromatic heterocycles. The number of aromatic carboxylic acids is 1. The minimum absolute atomic E-state index is 0.0221. The van der Waals surface area contributed by atoms with Gasteiger partial charge in [-0.05, 0) is 31.7 Å². The molecule has 2 heterocycles. The summed E-state index contributed by atoms with van der Waals surface area (Å²) < 4.78 is 5.38. The Labute approximate surface area is 117 Å². The van der Waals surface area contributed by atoms with E-state index in [-0.39, 0.29) is 5.76 Å². The number of carboxylic acid groups (broad SMARTS) is 1. The third-order valence-corrected chi connectivity index (χ3v) is 3.10. The molecule has 2 rings (SSSR count). The van der Waals surface area contributed by atoms with Crippen molar-refractivity contribution >= 4 is 5.97 Å². The van der Waals surface area contributed by atoms with E-state index >= 15 is 0 Å². The summed E-state index contributed by atoms with van der Waals surface area (Å²) in [4.78, 5) is 17.4. The van der Waals surface area contributed by atoms with Crippen molar-refractivity contribution in [1.82, 2.24) is 9.88 Å². The van der Waals surface area contributed by atoms with Gasteiger partial charge in [-0.1, -0.05) is 13.0 Å². The summed E-state index contributed by atoms with van der Waals surface area (Å²) >= 11 is 0. The Morgan fingerprint density at radius 3 is 2.75 bits per heavy atom. The Kier molecular flexibility index (Phi) is 4.53. The number of rotatable bonds is 6. The lowest BCUT2D eigenvalue weighted by Crippen LogP contribution is -2.22. The van der Waals surface area contributed by atoms with Crippen LogP contribution in [0.3, 0.4) is 0 Å². The van der Waals surface area contributed by atoms with Gasteiger partial charge in [-0.3, -0.25) is 9.88 Å². The van der Waals surface area contributed by atoms with Gasteiger partial charge in [0, 0.05) is 18.3 Å². The zero-order chi connectivity index (χ0) is 14.5. The Bertz CT molecular complexity index is 578. The molecule has 0 unspecified atom stereocenters. The van der Waals surface area contributed by atoms with E-state index in [1.165, 1.54) is 0 Å². The van der Waals surface area contributed by atoms with Gasteiger partial charge in [0.1, 0.15) is 5.76 Å². The molecule has 106 valence electrons. The fourth-order valence-electron chi connectivity index (χ4n) is 2.06. The molecule has 2 aromatic rings. The van der Waals surface area contributed by atoms with E-state index in [2.05, 4.69) is 16.8 Å². The third-order valence-electron chi connectivity index (χ3n) is 3.10. The van der Waals surface area contributed by atoms with Gasteiger partial charge >= 0.3 is 5.97 Å². The molecular weight excluding hydrogens is 256 g/mol. The summed E-state index contributed by atoms with van der Waals surface area (Å²) in [6.07, 6.45) is 1.77. The van der Waals surface area contributed by atoms with Gasteiger partial charge in [-0.2, -0.15) is 0 Å². The van der Waals surface area contributed by atoms with Gasteiger partial charge in [-0.15, -0.1) is 0 Å². The molecule has 5 heteroatoms. The molecule has 0 aliphatic heterocycles. The summed E-state index contributed by atoms with van der Waals surface area (Å²) in [6.45, 7) is 5.90. The summed E-state index contributed by atoms with van der Waals surface area (Å²) in [7, 11) is 0. The molecule has 20 heavy (non-hydrogen) atoms. The first-order chi connectivity index (χ1) is 9.60. The Balaban J connectivity index is 2.06. The topological polar surface area (TPSA) is 66.6 Å². The lowest BCUT2D eigenvalue weighted by molar-refractivity contribution is 0.0657. The highest BCUT2D eigenvalue weighted by Gasteiger charge is 2.16. The number of furan rings is 1. The predicted octanol–water partition coefficient (Wildman–Crippen LogP) is 2.70. The lowest BCUT2D eigenvalue weighted by atomic mass is 10.2. The second-order valence-corrected chi connectivity index (χ2v) is 4.65. The maximum Gasteiger partial charge on any atom is 0.372 e. The van der Waals surface area contributed by atoms with Crippen LogP contribution in [0.15, 0.2) is 34.9 Å². The zero-order valence-corrected chi connectivity index (χ0v) is 11.7. The van der Waals surface area contributed by atoms with Crippen LogP contribution in [0.1, 0.15) is 34.5 Å².